The molecule has 6 heteroatoms. The zero-order chi connectivity index (χ0) is 18.5. The topological polar surface area (TPSA) is 73.1 Å². The second-order valence-corrected chi connectivity index (χ2v) is 8.01. The first-order valence-electron chi connectivity index (χ1n) is 8.66. The molecule has 0 radical (unpaired) electrons. The number of nitrogens with zero attached hydrogens (tertiary/aromatic N) is 2. The summed E-state index contributed by atoms with van der Waals surface area (Å²) in [6.45, 7) is 8.75. The van der Waals surface area contributed by atoms with Crippen molar-refractivity contribution in [3.63, 3.8) is 0 Å². The molecule has 3 rings (SSSR count). The molecule has 1 aromatic carbocycles. The molecule has 2 aromatic rings. The molecule has 2 heterocycles. The van der Waals surface area contributed by atoms with E-state index in [2.05, 4.69) is 33.0 Å². The van der Waals surface area contributed by atoms with Crippen LogP contribution in [0.1, 0.15) is 58.1 Å². The standard InChI is InChI=1S/C19H25N3O3/c1-11(19(2,3)4)12-6-7-13-15(10-12)21(5)18(25)22(13)14-8-9-16(23)20-17(14)24/h6-7,10-11,14H,8-9H2,1-5H3,(H,20,23,24). The fraction of sp³-hybridized carbons (Fsp3) is 0.526. The highest BCUT2D eigenvalue weighted by molar-refractivity contribution is 6.00. The summed E-state index contributed by atoms with van der Waals surface area (Å²) in [5.41, 5.74) is 2.58. The Morgan fingerprint density at radius 1 is 1.16 bits per heavy atom. The van der Waals surface area contributed by atoms with Gasteiger partial charge in [-0.3, -0.25) is 24.0 Å². The molecule has 1 aliphatic heterocycles. The van der Waals surface area contributed by atoms with Crippen LogP contribution >= 0.6 is 0 Å². The number of imide groups is 1. The third kappa shape index (κ3) is 2.90. The van der Waals surface area contributed by atoms with E-state index in [0.717, 1.165) is 16.6 Å². The van der Waals surface area contributed by atoms with E-state index in [1.807, 2.05) is 18.2 Å². The maximum atomic E-state index is 12.8. The molecule has 134 valence electrons. The van der Waals surface area contributed by atoms with Crippen LogP contribution < -0.4 is 11.0 Å². The molecule has 1 fully saturated rings. The van der Waals surface area contributed by atoms with E-state index in [9.17, 15) is 14.4 Å². The average molecular weight is 343 g/mol. The maximum absolute atomic E-state index is 12.8. The number of carbonyl (C=O) groups is 2. The van der Waals surface area contributed by atoms with Gasteiger partial charge in [-0.1, -0.05) is 33.8 Å². The summed E-state index contributed by atoms with van der Waals surface area (Å²) in [5, 5.41) is 2.33. The summed E-state index contributed by atoms with van der Waals surface area (Å²) < 4.78 is 3.10. The molecular formula is C19H25N3O3. The van der Waals surface area contributed by atoms with Crippen molar-refractivity contribution in [3.05, 3.63) is 34.2 Å². The van der Waals surface area contributed by atoms with Crippen molar-refractivity contribution in [3.8, 4) is 0 Å². The predicted octanol–water partition coefficient (Wildman–Crippen LogP) is 2.47. The van der Waals surface area contributed by atoms with Crippen molar-refractivity contribution in [1.82, 2.24) is 14.5 Å². The second kappa shape index (κ2) is 5.86. The first-order valence-corrected chi connectivity index (χ1v) is 8.66. The van der Waals surface area contributed by atoms with Crippen molar-refractivity contribution < 1.29 is 9.59 Å². The SMILES string of the molecule is CC(c1ccc2c(c1)n(C)c(=O)n2C1CCC(=O)NC1=O)C(C)(C)C. The van der Waals surface area contributed by atoms with Crippen LogP contribution in [0.15, 0.2) is 23.0 Å². The van der Waals surface area contributed by atoms with Crippen LogP contribution in [0.3, 0.4) is 0 Å². The van der Waals surface area contributed by atoms with E-state index in [4.69, 9.17) is 0 Å². The number of nitrogens with one attached hydrogen (secondary N) is 1. The smallest absolute Gasteiger partial charge is 0.295 e. The van der Waals surface area contributed by atoms with Crippen molar-refractivity contribution in [2.24, 2.45) is 12.5 Å². The monoisotopic (exact) mass is 343 g/mol. The number of carbonyl (C=O) groups excluding carboxylic acids is 2. The third-order valence-electron chi connectivity index (χ3n) is 5.43. The Labute approximate surface area is 146 Å². The summed E-state index contributed by atoms with van der Waals surface area (Å²) in [4.78, 5) is 36.4. The van der Waals surface area contributed by atoms with Gasteiger partial charge in [0.15, 0.2) is 0 Å². The molecule has 1 saturated heterocycles. The Bertz CT molecular complexity index is 914. The molecule has 0 bridgehead atoms. The lowest BCUT2D eigenvalue weighted by atomic mass is 9.78. The summed E-state index contributed by atoms with van der Waals surface area (Å²) in [5.74, 6) is -0.361. The van der Waals surface area contributed by atoms with E-state index in [1.54, 1.807) is 11.6 Å². The summed E-state index contributed by atoms with van der Waals surface area (Å²) in [7, 11) is 1.72. The molecule has 0 spiro atoms. The first kappa shape index (κ1) is 17.5. The van der Waals surface area contributed by atoms with E-state index >= 15 is 0 Å². The predicted molar refractivity (Wildman–Crippen MR) is 96.5 cm³/mol. The summed E-state index contributed by atoms with van der Waals surface area (Å²) in [6.07, 6.45) is 0.599. The van der Waals surface area contributed by atoms with Gasteiger partial charge >= 0.3 is 5.69 Å². The third-order valence-corrected chi connectivity index (χ3v) is 5.43. The molecule has 2 amide bonds. The molecule has 2 atom stereocenters. The Morgan fingerprint density at radius 2 is 1.84 bits per heavy atom. The Balaban J connectivity index is 2.13. The van der Waals surface area contributed by atoms with Gasteiger partial charge < -0.3 is 0 Å². The van der Waals surface area contributed by atoms with Crippen molar-refractivity contribution in [2.45, 2.75) is 52.5 Å². The number of aryl methyl sites for hydroxylation is 1. The molecule has 1 aromatic heterocycles. The number of imidazole rings is 1. The fourth-order valence-electron chi connectivity index (χ4n) is 3.38. The van der Waals surface area contributed by atoms with Crippen LogP contribution in [-0.2, 0) is 16.6 Å². The largest absolute Gasteiger partial charge is 0.329 e. The average Bonchev–Trinajstić information content (AvgIpc) is 2.77. The first-order chi connectivity index (χ1) is 11.6. The van der Waals surface area contributed by atoms with E-state index < -0.39 is 11.9 Å². The molecular weight excluding hydrogens is 318 g/mol. The summed E-state index contributed by atoms with van der Waals surface area (Å²) in [6, 6.07) is 5.34. The van der Waals surface area contributed by atoms with E-state index in [1.165, 1.54) is 4.57 Å². The normalized spacial score (nSPS) is 20.0. The minimum atomic E-state index is -0.639. The second-order valence-electron chi connectivity index (χ2n) is 8.01. The van der Waals surface area contributed by atoms with Crippen LogP contribution in [0.4, 0.5) is 0 Å². The van der Waals surface area contributed by atoms with Gasteiger partial charge in [-0.2, -0.15) is 0 Å². The highest BCUT2D eigenvalue weighted by atomic mass is 16.2. The maximum Gasteiger partial charge on any atom is 0.329 e. The lowest BCUT2D eigenvalue weighted by Crippen LogP contribution is -2.44. The van der Waals surface area contributed by atoms with Crippen LogP contribution in [0.5, 0.6) is 0 Å². The minimum Gasteiger partial charge on any atom is -0.295 e. The number of rotatable bonds is 2. The molecule has 0 aliphatic carbocycles. The Morgan fingerprint density at radius 3 is 2.44 bits per heavy atom. The van der Waals surface area contributed by atoms with Crippen LogP contribution in [0, 0.1) is 5.41 Å². The Hall–Kier alpha value is -2.37. The molecule has 0 saturated carbocycles. The highest BCUT2D eigenvalue weighted by Gasteiger charge is 2.31. The number of hydrogen-bond donors (Lipinski definition) is 1. The van der Waals surface area contributed by atoms with Crippen molar-refractivity contribution in [2.75, 3.05) is 0 Å². The van der Waals surface area contributed by atoms with Gasteiger partial charge in [0, 0.05) is 13.5 Å². The Kier molecular flexibility index (Phi) is 4.09. The van der Waals surface area contributed by atoms with Gasteiger partial charge in [0.05, 0.1) is 11.0 Å². The number of aromatic nitrogens is 2. The van der Waals surface area contributed by atoms with E-state index in [0.29, 0.717) is 12.3 Å². The van der Waals surface area contributed by atoms with E-state index in [-0.39, 0.29) is 23.4 Å². The zero-order valence-electron chi connectivity index (χ0n) is 15.4. The number of hydrogen-bond acceptors (Lipinski definition) is 3. The quantitative estimate of drug-likeness (QED) is 0.851. The number of amides is 2. The molecule has 6 nitrogen and oxygen atoms in total. The van der Waals surface area contributed by atoms with Gasteiger partial charge in [0.2, 0.25) is 11.8 Å². The van der Waals surface area contributed by atoms with Crippen LogP contribution in [-0.4, -0.2) is 20.9 Å². The minimum absolute atomic E-state index is 0.110. The van der Waals surface area contributed by atoms with Gasteiger partial charge in [0.1, 0.15) is 6.04 Å². The molecule has 25 heavy (non-hydrogen) atoms. The van der Waals surface area contributed by atoms with Gasteiger partial charge in [-0.05, 0) is 35.4 Å². The zero-order valence-corrected chi connectivity index (χ0v) is 15.4. The molecule has 1 aliphatic rings. The van der Waals surface area contributed by atoms with Crippen LogP contribution in [0.2, 0.25) is 0 Å². The van der Waals surface area contributed by atoms with Crippen molar-refractivity contribution in [1.29, 1.82) is 0 Å². The number of piperidine rings is 1. The lowest BCUT2D eigenvalue weighted by Gasteiger charge is -2.27. The van der Waals surface area contributed by atoms with Crippen molar-refractivity contribution >= 4 is 22.8 Å². The number of fused-ring (bicyclic) bond motifs is 1. The van der Waals surface area contributed by atoms with Gasteiger partial charge in [0.25, 0.3) is 0 Å². The molecule has 1 N–H and O–H groups in total. The highest BCUT2D eigenvalue weighted by Crippen LogP contribution is 2.35. The van der Waals surface area contributed by atoms with Gasteiger partial charge in [-0.15, -0.1) is 0 Å². The molecule has 2 unspecified atom stereocenters. The van der Waals surface area contributed by atoms with Crippen LogP contribution in [0.25, 0.3) is 11.0 Å². The summed E-state index contributed by atoms with van der Waals surface area (Å²) >= 11 is 0. The fourth-order valence-corrected chi connectivity index (χ4v) is 3.38. The number of benzene rings is 1. The van der Waals surface area contributed by atoms with Gasteiger partial charge in [-0.25, -0.2) is 4.79 Å². The lowest BCUT2D eigenvalue weighted by molar-refractivity contribution is -0.135.